The molecule has 104 valence electrons. The van der Waals surface area contributed by atoms with Gasteiger partial charge >= 0.3 is 5.69 Å². The van der Waals surface area contributed by atoms with E-state index in [0.29, 0.717) is 5.56 Å². The second-order valence-electron chi connectivity index (χ2n) is 4.53. The molecule has 6 nitrogen and oxygen atoms in total. The maximum atomic E-state index is 11.8. The number of H-pyrrole nitrogens is 2. The lowest BCUT2D eigenvalue weighted by Crippen LogP contribution is -2.28. The van der Waals surface area contributed by atoms with Gasteiger partial charge in [0.25, 0.3) is 5.56 Å². The van der Waals surface area contributed by atoms with Crippen molar-refractivity contribution in [2.75, 3.05) is 0 Å². The summed E-state index contributed by atoms with van der Waals surface area (Å²) in [6, 6.07) is 12.8. The topological polar surface area (TPSA) is 110 Å². The second kappa shape index (κ2) is 4.75. The van der Waals surface area contributed by atoms with Gasteiger partial charge in [-0.25, -0.2) is 4.79 Å². The Morgan fingerprint density at radius 3 is 2.48 bits per heavy atom. The van der Waals surface area contributed by atoms with Crippen molar-refractivity contribution in [3.05, 3.63) is 74.4 Å². The van der Waals surface area contributed by atoms with Crippen LogP contribution in [0.25, 0.3) is 10.8 Å². The van der Waals surface area contributed by atoms with Crippen LogP contribution < -0.4 is 11.2 Å². The molecular formula is C15H11N3O3. The predicted octanol–water partition coefficient (Wildman–Crippen LogP) is 1.34. The Hall–Kier alpha value is -3.15. The number of aromatic hydroxyl groups is 1. The highest BCUT2D eigenvalue weighted by Gasteiger charge is 2.17. The normalized spacial score (nSPS) is 10.7. The highest BCUT2D eigenvalue weighted by atomic mass is 16.3. The Labute approximate surface area is 118 Å². The van der Waals surface area contributed by atoms with E-state index in [4.69, 9.17) is 5.41 Å². The molecule has 1 heterocycles. The van der Waals surface area contributed by atoms with Crippen molar-refractivity contribution in [3.8, 4) is 5.88 Å². The van der Waals surface area contributed by atoms with Crippen molar-refractivity contribution in [2.24, 2.45) is 0 Å². The number of fused-ring (bicyclic) bond motifs is 1. The van der Waals surface area contributed by atoms with Crippen LogP contribution in [0.3, 0.4) is 0 Å². The van der Waals surface area contributed by atoms with Gasteiger partial charge in [0.2, 0.25) is 5.88 Å². The molecule has 1 aromatic heterocycles. The van der Waals surface area contributed by atoms with Crippen LogP contribution in [0.15, 0.2) is 52.1 Å². The van der Waals surface area contributed by atoms with Gasteiger partial charge in [0.15, 0.2) is 0 Å². The molecule has 0 radical (unpaired) electrons. The fraction of sp³-hybridized carbons (Fsp3) is 0. The van der Waals surface area contributed by atoms with E-state index in [1.807, 2.05) is 35.3 Å². The molecule has 0 atom stereocenters. The third-order valence-electron chi connectivity index (χ3n) is 3.23. The summed E-state index contributed by atoms with van der Waals surface area (Å²) >= 11 is 0. The average Bonchev–Trinajstić information content (AvgIpc) is 2.45. The molecule has 6 heteroatoms. The first-order chi connectivity index (χ1) is 10.1. The van der Waals surface area contributed by atoms with Crippen molar-refractivity contribution in [2.45, 2.75) is 0 Å². The number of hydrogen-bond donors (Lipinski definition) is 4. The fourth-order valence-corrected chi connectivity index (χ4v) is 2.28. The molecule has 3 aromatic rings. The molecule has 0 bridgehead atoms. The van der Waals surface area contributed by atoms with Crippen LogP contribution in [0.4, 0.5) is 0 Å². The fourth-order valence-electron chi connectivity index (χ4n) is 2.28. The molecule has 0 spiro atoms. The number of rotatable bonds is 2. The highest BCUT2D eigenvalue weighted by molar-refractivity contribution is 6.18. The maximum absolute atomic E-state index is 11.8. The zero-order valence-corrected chi connectivity index (χ0v) is 10.8. The zero-order valence-electron chi connectivity index (χ0n) is 10.8. The summed E-state index contributed by atoms with van der Waals surface area (Å²) in [6.45, 7) is 0. The van der Waals surface area contributed by atoms with Gasteiger partial charge in [-0.2, -0.15) is 0 Å². The van der Waals surface area contributed by atoms with Crippen molar-refractivity contribution in [1.29, 1.82) is 5.41 Å². The number of hydrogen-bond acceptors (Lipinski definition) is 4. The lowest BCUT2D eigenvalue weighted by molar-refractivity contribution is 0.447. The van der Waals surface area contributed by atoms with E-state index in [-0.39, 0.29) is 11.3 Å². The first-order valence-corrected chi connectivity index (χ1v) is 6.20. The first kappa shape index (κ1) is 12.9. The van der Waals surface area contributed by atoms with E-state index in [0.717, 1.165) is 10.8 Å². The van der Waals surface area contributed by atoms with Gasteiger partial charge in [-0.3, -0.25) is 20.2 Å². The zero-order chi connectivity index (χ0) is 15.0. The van der Waals surface area contributed by atoms with E-state index in [1.54, 1.807) is 12.1 Å². The van der Waals surface area contributed by atoms with Crippen LogP contribution in [0, 0.1) is 5.41 Å². The molecule has 3 rings (SSSR count). The second-order valence-corrected chi connectivity index (χ2v) is 4.53. The quantitative estimate of drug-likeness (QED) is 0.532. The van der Waals surface area contributed by atoms with Crippen LogP contribution in [-0.2, 0) is 0 Å². The molecular weight excluding hydrogens is 270 g/mol. The first-order valence-electron chi connectivity index (χ1n) is 6.20. The SMILES string of the molecule is N=C(c1c(O)[nH]c(=O)[nH]c1=O)c1cccc2ccccc12. The molecule has 0 saturated carbocycles. The Morgan fingerprint density at radius 2 is 1.71 bits per heavy atom. The van der Waals surface area contributed by atoms with Gasteiger partial charge in [-0.15, -0.1) is 0 Å². The van der Waals surface area contributed by atoms with Crippen molar-refractivity contribution < 1.29 is 5.11 Å². The van der Waals surface area contributed by atoms with Gasteiger partial charge in [-0.05, 0) is 10.8 Å². The monoisotopic (exact) mass is 281 g/mol. The lowest BCUT2D eigenvalue weighted by Gasteiger charge is -2.08. The van der Waals surface area contributed by atoms with Crippen LogP contribution >= 0.6 is 0 Å². The third kappa shape index (κ3) is 2.12. The predicted molar refractivity (Wildman–Crippen MR) is 79.2 cm³/mol. The maximum Gasteiger partial charge on any atom is 0.328 e. The van der Waals surface area contributed by atoms with E-state index >= 15 is 0 Å². The van der Waals surface area contributed by atoms with E-state index in [9.17, 15) is 14.7 Å². The Balaban J connectivity index is 2.27. The van der Waals surface area contributed by atoms with E-state index < -0.39 is 17.1 Å². The summed E-state index contributed by atoms with van der Waals surface area (Å²) in [5.41, 5.74) is -1.52. The highest BCUT2D eigenvalue weighted by Crippen LogP contribution is 2.22. The summed E-state index contributed by atoms with van der Waals surface area (Å²) < 4.78 is 0. The minimum atomic E-state index is -0.813. The van der Waals surface area contributed by atoms with Crippen LogP contribution in [0.5, 0.6) is 5.88 Å². The molecule has 0 saturated heterocycles. The molecule has 0 unspecified atom stereocenters. The minimum Gasteiger partial charge on any atom is -0.494 e. The molecule has 2 aromatic carbocycles. The number of aromatic amines is 2. The summed E-state index contributed by atoms with van der Waals surface area (Å²) in [5, 5.41) is 19.7. The summed E-state index contributed by atoms with van der Waals surface area (Å²) in [4.78, 5) is 27.0. The van der Waals surface area contributed by atoms with E-state index in [2.05, 4.69) is 4.98 Å². The lowest BCUT2D eigenvalue weighted by atomic mass is 9.97. The summed E-state index contributed by atoms with van der Waals surface area (Å²) in [7, 11) is 0. The van der Waals surface area contributed by atoms with Gasteiger partial charge in [-0.1, -0.05) is 42.5 Å². The summed E-state index contributed by atoms with van der Waals surface area (Å²) in [5.74, 6) is -0.610. The molecule has 0 aliphatic heterocycles. The molecule has 0 aliphatic rings. The molecule has 0 aliphatic carbocycles. The van der Waals surface area contributed by atoms with Gasteiger partial charge < -0.3 is 5.11 Å². The molecule has 4 N–H and O–H groups in total. The van der Waals surface area contributed by atoms with Crippen LogP contribution in [-0.4, -0.2) is 20.8 Å². The molecule has 0 amide bonds. The Morgan fingerprint density at radius 1 is 1.00 bits per heavy atom. The molecule has 21 heavy (non-hydrogen) atoms. The Kier molecular flexibility index (Phi) is 2.91. The minimum absolute atomic E-state index is 0.151. The number of aromatic nitrogens is 2. The van der Waals surface area contributed by atoms with Gasteiger partial charge in [0.1, 0.15) is 5.56 Å². The van der Waals surface area contributed by atoms with Crippen molar-refractivity contribution in [3.63, 3.8) is 0 Å². The average molecular weight is 281 g/mol. The third-order valence-corrected chi connectivity index (χ3v) is 3.23. The van der Waals surface area contributed by atoms with Crippen molar-refractivity contribution >= 4 is 16.5 Å². The largest absolute Gasteiger partial charge is 0.494 e. The number of nitrogens with one attached hydrogen (secondary N) is 3. The van der Waals surface area contributed by atoms with Crippen LogP contribution in [0.2, 0.25) is 0 Å². The molecule has 0 fully saturated rings. The van der Waals surface area contributed by atoms with Gasteiger partial charge in [0.05, 0.1) is 5.71 Å². The Bertz CT molecular complexity index is 964. The number of benzene rings is 2. The van der Waals surface area contributed by atoms with E-state index in [1.165, 1.54) is 0 Å². The van der Waals surface area contributed by atoms with Gasteiger partial charge in [0, 0.05) is 5.56 Å². The van der Waals surface area contributed by atoms with Crippen molar-refractivity contribution in [1.82, 2.24) is 9.97 Å². The van der Waals surface area contributed by atoms with Crippen LogP contribution in [0.1, 0.15) is 11.1 Å². The smallest absolute Gasteiger partial charge is 0.328 e. The summed E-state index contributed by atoms with van der Waals surface area (Å²) in [6.07, 6.45) is 0. The standard InChI is InChI=1S/C15H11N3O3/c16-12(11-13(19)17-15(21)18-14(11)20)10-7-3-5-8-4-1-2-6-9(8)10/h1-7,16H,(H3,17,18,19,20,21).